The van der Waals surface area contributed by atoms with Gasteiger partial charge in [-0.05, 0) is 6.42 Å². The van der Waals surface area contributed by atoms with Gasteiger partial charge >= 0.3 is 0 Å². The second kappa shape index (κ2) is 5.75. The van der Waals surface area contributed by atoms with E-state index in [-0.39, 0.29) is 0 Å². The smallest absolute Gasteiger partial charge is 0.128 e. The van der Waals surface area contributed by atoms with Gasteiger partial charge in [0.25, 0.3) is 0 Å². The Hall–Kier alpha value is -1.33. The molecule has 1 aliphatic heterocycles. The third-order valence-electron chi connectivity index (χ3n) is 3.38. The van der Waals surface area contributed by atoms with Crippen molar-refractivity contribution >= 4 is 11.3 Å². The summed E-state index contributed by atoms with van der Waals surface area (Å²) in [6, 6.07) is 0. The van der Waals surface area contributed by atoms with Gasteiger partial charge in [0.15, 0.2) is 0 Å². The Morgan fingerprint density at radius 1 is 1.37 bits per heavy atom. The molecule has 2 aromatic rings. The zero-order valence-electron chi connectivity index (χ0n) is 11.2. The first-order chi connectivity index (χ1) is 9.35. The first kappa shape index (κ1) is 12.7. The van der Waals surface area contributed by atoms with Crippen LogP contribution in [0.5, 0.6) is 0 Å². The SMILES string of the molecule is CCCc1ncc2c(n1)CCN(Cc1nccs1)C2. The molecule has 3 heterocycles. The molecule has 0 aromatic carbocycles. The van der Waals surface area contributed by atoms with Gasteiger partial charge in [0, 0.05) is 55.0 Å². The number of nitrogens with zero attached hydrogens (tertiary/aromatic N) is 4. The van der Waals surface area contributed by atoms with E-state index in [4.69, 9.17) is 0 Å². The van der Waals surface area contributed by atoms with Crippen molar-refractivity contribution in [1.82, 2.24) is 19.9 Å². The van der Waals surface area contributed by atoms with Crippen molar-refractivity contribution in [3.63, 3.8) is 0 Å². The highest BCUT2D eigenvalue weighted by Gasteiger charge is 2.18. The van der Waals surface area contributed by atoms with Crippen molar-refractivity contribution in [2.45, 2.75) is 39.3 Å². The predicted molar refractivity (Wildman–Crippen MR) is 76.0 cm³/mol. The van der Waals surface area contributed by atoms with Crippen molar-refractivity contribution in [3.05, 3.63) is 39.9 Å². The average Bonchev–Trinajstić information content (AvgIpc) is 2.92. The average molecular weight is 274 g/mol. The molecule has 100 valence electrons. The lowest BCUT2D eigenvalue weighted by Crippen LogP contribution is -2.31. The van der Waals surface area contributed by atoms with Crippen LogP contribution in [0.3, 0.4) is 0 Å². The molecule has 0 spiro atoms. The minimum atomic E-state index is 0.938. The van der Waals surface area contributed by atoms with E-state index in [1.54, 1.807) is 11.3 Å². The van der Waals surface area contributed by atoms with Crippen molar-refractivity contribution in [2.24, 2.45) is 0 Å². The van der Waals surface area contributed by atoms with Gasteiger partial charge in [-0.25, -0.2) is 15.0 Å². The van der Waals surface area contributed by atoms with Gasteiger partial charge in [-0.2, -0.15) is 0 Å². The van der Waals surface area contributed by atoms with E-state index in [0.717, 1.165) is 44.7 Å². The Morgan fingerprint density at radius 2 is 2.32 bits per heavy atom. The summed E-state index contributed by atoms with van der Waals surface area (Å²) < 4.78 is 0. The van der Waals surface area contributed by atoms with E-state index in [1.165, 1.54) is 16.3 Å². The number of thiazole rings is 1. The topological polar surface area (TPSA) is 41.9 Å². The van der Waals surface area contributed by atoms with Gasteiger partial charge in [0.1, 0.15) is 10.8 Å². The lowest BCUT2D eigenvalue weighted by atomic mass is 10.1. The Labute approximate surface area is 117 Å². The van der Waals surface area contributed by atoms with Gasteiger partial charge in [-0.3, -0.25) is 4.90 Å². The Balaban J connectivity index is 1.70. The number of aromatic nitrogens is 3. The summed E-state index contributed by atoms with van der Waals surface area (Å²) in [7, 11) is 0. The number of rotatable bonds is 4. The van der Waals surface area contributed by atoms with Crippen LogP contribution in [0, 0.1) is 0 Å². The van der Waals surface area contributed by atoms with Gasteiger partial charge in [-0.15, -0.1) is 11.3 Å². The second-order valence-corrected chi connectivity index (χ2v) is 5.87. The highest BCUT2D eigenvalue weighted by molar-refractivity contribution is 7.09. The molecule has 5 heteroatoms. The molecule has 0 amide bonds. The molecular formula is C14H18N4S. The maximum Gasteiger partial charge on any atom is 0.128 e. The summed E-state index contributed by atoms with van der Waals surface area (Å²) in [4.78, 5) is 15.9. The fraction of sp³-hybridized carbons (Fsp3) is 0.500. The summed E-state index contributed by atoms with van der Waals surface area (Å²) >= 11 is 1.72. The molecular weight excluding hydrogens is 256 g/mol. The van der Waals surface area contributed by atoms with E-state index < -0.39 is 0 Å². The van der Waals surface area contributed by atoms with Crippen LogP contribution in [0.15, 0.2) is 17.8 Å². The van der Waals surface area contributed by atoms with E-state index >= 15 is 0 Å². The second-order valence-electron chi connectivity index (χ2n) is 4.89. The predicted octanol–water partition coefficient (Wildman–Crippen LogP) is 2.44. The number of hydrogen-bond donors (Lipinski definition) is 0. The molecule has 0 unspecified atom stereocenters. The fourth-order valence-corrected chi connectivity index (χ4v) is 3.07. The summed E-state index contributed by atoms with van der Waals surface area (Å²) in [5.41, 5.74) is 2.52. The Kier molecular flexibility index (Phi) is 3.84. The van der Waals surface area contributed by atoms with Crippen LogP contribution in [0.2, 0.25) is 0 Å². The van der Waals surface area contributed by atoms with Gasteiger partial charge in [-0.1, -0.05) is 6.92 Å². The quantitative estimate of drug-likeness (QED) is 0.859. The normalized spacial score (nSPS) is 15.4. The summed E-state index contributed by atoms with van der Waals surface area (Å²) in [5, 5.41) is 3.22. The van der Waals surface area contributed by atoms with Crippen LogP contribution in [-0.4, -0.2) is 26.4 Å². The molecule has 0 fully saturated rings. The summed E-state index contributed by atoms with van der Waals surface area (Å²) in [5.74, 6) is 0.995. The van der Waals surface area contributed by atoms with E-state index in [2.05, 4.69) is 26.8 Å². The molecule has 3 rings (SSSR count). The lowest BCUT2D eigenvalue weighted by molar-refractivity contribution is 0.242. The zero-order chi connectivity index (χ0) is 13.1. The summed E-state index contributed by atoms with van der Waals surface area (Å²) in [6.45, 7) is 5.11. The molecule has 0 radical (unpaired) electrons. The maximum atomic E-state index is 4.68. The fourth-order valence-electron chi connectivity index (χ4n) is 2.42. The molecule has 0 bridgehead atoms. The maximum absolute atomic E-state index is 4.68. The Morgan fingerprint density at radius 3 is 3.11 bits per heavy atom. The molecule has 1 aliphatic rings. The molecule has 0 saturated carbocycles. The molecule has 0 saturated heterocycles. The van der Waals surface area contributed by atoms with Crippen molar-refractivity contribution in [3.8, 4) is 0 Å². The highest BCUT2D eigenvalue weighted by Crippen LogP contribution is 2.19. The zero-order valence-corrected chi connectivity index (χ0v) is 12.0. The van der Waals surface area contributed by atoms with Gasteiger partial charge in [0.05, 0.1) is 6.54 Å². The third kappa shape index (κ3) is 2.98. The largest absolute Gasteiger partial charge is 0.292 e. The van der Waals surface area contributed by atoms with Crippen molar-refractivity contribution in [1.29, 1.82) is 0 Å². The summed E-state index contributed by atoms with van der Waals surface area (Å²) in [6.07, 6.45) is 7.00. The third-order valence-corrected chi connectivity index (χ3v) is 4.14. The number of fused-ring (bicyclic) bond motifs is 1. The number of hydrogen-bond acceptors (Lipinski definition) is 5. The monoisotopic (exact) mass is 274 g/mol. The van der Waals surface area contributed by atoms with Gasteiger partial charge in [0.2, 0.25) is 0 Å². The Bertz CT molecular complexity index is 538. The first-order valence-electron chi connectivity index (χ1n) is 6.79. The molecule has 0 N–H and O–H groups in total. The van der Waals surface area contributed by atoms with Crippen LogP contribution >= 0.6 is 11.3 Å². The van der Waals surface area contributed by atoms with E-state index in [0.29, 0.717) is 0 Å². The van der Waals surface area contributed by atoms with Crippen LogP contribution in [0.1, 0.15) is 35.4 Å². The van der Waals surface area contributed by atoms with Crippen molar-refractivity contribution < 1.29 is 0 Å². The minimum absolute atomic E-state index is 0.938. The molecule has 19 heavy (non-hydrogen) atoms. The van der Waals surface area contributed by atoms with Crippen LogP contribution in [-0.2, 0) is 25.9 Å². The molecule has 0 aliphatic carbocycles. The van der Waals surface area contributed by atoms with Crippen LogP contribution < -0.4 is 0 Å². The lowest BCUT2D eigenvalue weighted by Gasteiger charge is -2.27. The standard InChI is InChI=1S/C14H18N4S/c1-2-3-13-16-8-11-9-18(6-4-12(11)17-13)10-14-15-5-7-19-14/h5,7-8H,2-4,6,9-10H2,1H3. The van der Waals surface area contributed by atoms with E-state index in [9.17, 15) is 0 Å². The van der Waals surface area contributed by atoms with Crippen LogP contribution in [0.4, 0.5) is 0 Å². The first-order valence-corrected chi connectivity index (χ1v) is 7.67. The van der Waals surface area contributed by atoms with Crippen molar-refractivity contribution in [2.75, 3.05) is 6.54 Å². The highest BCUT2D eigenvalue weighted by atomic mass is 32.1. The molecule has 4 nitrogen and oxygen atoms in total. The number of aryl methyl sites for hydroxylation is 1. The van der Waals surface area contributed by atoms with E-state index in [1.807, 2.05) is 17.8 Å². The minimum Gasteiger partial charge on any atom is -0.292 e. The van der Waals surface area contributed by atoms with Gasteiger partial charge < -0.3 is 0 Å². The molecule has 2 aromatic heterocycles. The molecule has 0 atom stereocenters. The van der Waals surface area contributed by atoms with Crippen LogP contribution in [0.25, 0.3) is 0 Å².